The molecule has 1 unspecified atom stereocenters. The summed E-state index contributed by atoms with van der Waals surface area (Å²) in [4.78, 5) is 28.2. The quantitative estimate of drug-likeness (QED) is 0.348. The largest absolute Gasteiger partial charge is 0.484 e. The van der Waals surface area contributed by atoms with Crippen molar-refractivity contribution in [2.24, 2.45) is 0 Å². The van der Waals surface area contributed by atoms with Gasteiger partial charge in [0.25, 0.3) is 5.91 Å². The molecule has 0 bridgehead atoms. The van der Waals surface area contributed by atoms with Gasteiger partial charge < -0.3 is 15.0 Å². The van der Waals surface area contributed by atoms with Gasteiger partial charge in [0.15, 0.2) is 6.61 Å². The van der Waals surface area contributed by atoms with E-state index in [4.69, 9.17) is 4.74 Å². The lowest BCUT2D eigenvalue weighted by molar-refractivity contribution is -0.143. The monoisotopic (exact) mass is 574 g/mol. The summed E-state index contributed by atoms with van der Waals surface area (Å²) >= 11 is 2.20. The molecule has 1 N–H and O–H groups in total. The van der Waals surface area contributed by atoms with E-state index in [1.165, 1.54) is 17.0 Å². The number of hydrogen-bond donors (Lipinski definition) is 1. The lowest BCUT2D eigenvalue weighted by atomic mass is 10.0. The Hall–Kier alpha value is -2.94. The normalized spacial score (nSPS) is 11.7. The molecule has 7 heteroatoms. The number of benzene rings is 3. The maximum Gasteiger partial charge on any atom is 0.261 e. The molecule has 0 heterocycles. The van der Waals surface area contributed by atoms with Gasteiger partial charge in [-0.1, -0.05) is 42.5 Å². The van der Waals surface area contributed by atoms with Gasteiger partial charge in [0.2, 0.25) is 5.91 Å². The third-order valence-electron chi connectivity index (χ3n) is 5.14. The van der Waals surface area contributed by atoms with Crippen molar-refractivity contribution >= 4 is 34.4 Å². The first-order valence-electron chi connectivity index (χ1n) is 11.1. The standard InChI is InChI=1S/C27H28FIN2O3/c1-19(2)30-27(33)25(16-20-6-4-3-5-7-20)31(17-21-8-10-22(28)11-9-21)26(32)18-34-24-14-12-23(29)13-15-24/h3-15,19,25H,16-18H2,1-2H3,(H,30,33). The average Bonchev–Trinajstić information content (AvgIpc) is 2.82. The molecule has 0 aliphatic carbocycles. The Morgan fingerprint density at radius 3 is 2.21 bits per heavy atom. The number of rotatable bonds is 10. The Bertz CT molecular complexity index is 1070. The highest BCUT2D eigenvalue weighted by molar-refractivity contribution is 14.1. The Morgan fingerprint density at radius 2 is 1.59 bits per heavy atom. The fourth-order valence-electron chi connectivity index (χ4n) is 3.48. The Kier molecular flexibility index (Phi) is 9.44. The summed E-state index contributed by atoms with van der Waals surface area (Å²) in [6.45, 7) is 3.69. The van der Waals surface area contributed by atoms with E-state index in [1.54, 1.807) is 24.3 Å². The van der Waals surface area contributed by atoms with Gasteiger partial charge in [-0.2, -0.15) is 0 Å². The third kappa shape index (κ3) is 7.83. The minimum atomic E-state index is -0.761. The lowest BCUT2D eigenvalue weighted by Crippen LogP contribution is -2.52. The van der Waals surface area contributed by atoms with Crippen molar-refractivity contribution < 1.29 is 18.7 Å². The minimum Gasteiger partial charge on any atom is -0.484 e. The SMILES string of the molecule is CC(C)NC(=O)C(Cc1ccccc1)N(Cc1ccc(F)cc1)C(=O)COc1ccc(I)cc1. The Balaban J connectivity index is 1.89. The molecule has 0 fully saturated rings. The molecular weight excluding hydrogens is 546 g/mol. The van der Waals surface area contributed by atoms with Gasteiger partial charge in [-0.05, 0) is 84.0 Å². The van der Waals surface area contributed by atoms with Gasteiger partial charge in [-0.3, -0.25) is 9.59 Å². The second-order valence-corrected chi connectivity index (χ2v) is 9.51. The number of ether oxygens (including phenoxy) is 1. The van der Waals surface area contributed by atoms with Gasteiger partial charge in [0.05, 0.1) is 0 Å². The average molecular weight is 574 g/mol. The second-order valence-electron chi connectivity index (χ2n) is 8.26. The van der Waals surface area contributed by atoms with Crippen molar-refractivity contribution in [3.63, 3.8) is 0 Å². The van der Waals surface area contributed by atoms with E-state index < -0.39 is 6.04 Å². The van der Waals surface area contributed by atoms with E-state index in [2.05, 4.69) is 27.9 Å². The topological polar surface area (TPSA) is 58.6 Å². The predicted octanol–water partition coefficient (Wildman–Crippen LogP) is 4.97. The first-order chi connectivity index (χ1) is 16.3. The van der Waals surface area contributed by atoms with E-state index in [-0.39, 0.29) is 36.8 Å². The molecule has 0 aliphatic heterocycles. The summed E-state index contributed by atoms with van der Waals surface area (Å²) in [5, 5.41) is 2.94. The maximum atomic E-state index is 13.5. The Labute approximate surface area is 213 Å². The molecule has 0 saturated heterocycles. The van der Waals surface area contributed by atoms with Crippen LogP contribution in [0.4, 0.5) is 4.39 Å². The van der Waals surface area contributed by atoms with Crippen LogP contribution in [0.15, 0.2) is 78.9 Å². The first kappa shape index (κ1) is 25.7. The molecule has 3 aromatic rings. The fraction of sp³-hybridized carbons (Fsp3) is 0.259. The molecule has 5 nitrogen and oxygen atoms in total. The summed E-state index contributed by atoms with van der Waals surface area (Å²) in [6, 6.07) is 22.0. The molecule has 3 aromatic carbocycles. The molecule has 0 spiro atoms. The molecular formula is C27H28FIN2O3. The van der Waals surface area contributed by atoms with Crippen molar-refractivity contribution in [1.29, 1.82) is 0 Å². The van der Waals surface area contributed by atoms with Crippen LogP contribution in [0, 0.1) is 9.39 Å². The molecule has 34 heavy (non-hydrogen) atoms. The van der Waals surface area contributed by atoms with Gasteiger partial charge in [0, 0.05) is 22.6 Å². The van der Waals surface area contributed by atoms with Crippen molar-refractivity contribution in [3.05, 3.63) is 99.4 Å². The number of halogens is 2. The van der Waals surface area contributed by atoms with Crippen LogP contribution in [0.5, 0.6) is 5.75 Å². The molecule has 2 amide bonds. The predicted molar refractivity (Wildman–Crippen MR) is 139 cm³/mol. The molecule has 0 aromatic heterocycles. The fourth-order valence-corrected chi connectivity index (χ4v) is 3.84. The zero-order valence-corrected chi connectivity index (χ0v) is 21.4. The molecule has 3 rings (SSSR count). The number of hydrogen-bond acceptors (Lipinski definition) is 3. The van der Waals surface area contributed by atoms with E-state index in [0.29, 0.717) is 12.2 Å². The number of carbonyl (C=O) groups is 2. The van der Waals surface area contributed by atoms with Crippen LogP contribution < -0.4 is 10.1 Å². The van der Waals surface area contributed by atoms with E-state index in [9.17, 15) is 14.0 Å². The molecule has 0 saturated carbocycles. The van der Waals surface area contributed by atoms with Gasteiger partial charge in [-0.25, -0.2) is 4.39 Å². The van der Waals surface area contributed by atoms with E-state index in [0.717, 1.165) is 14.7 Å². The van der Waals surface area contributed by atoms with Crippen LogP contribution in [-0.2, 0) is 22.6 Å². The van der Waals surface area contributed by atoms with Crippen molar-refractivity contribution in [1.82, 2.24) is 10.2 Å². The summed E-state index contributed by atoms with van der Waals surface area (Å²) in [5.74, 6) is -0.366. The lowest BCUT2D eigenvalue weighted by Gasteiger charge is -2.32. The first-order valence-corrected chi connectivity index (χ1v) is 12.2. The molecule has 0 radical (unpaired) electrons. The van der Waals surface area contributed by atoms with Crippen molar-refractivity contribution in [2.75, 3.05) is 6.61 Å². The number of amides is 2. The van der Waals surface area contributed by atoms with Crippen molar-refractivity contribution in [2.45, 2.75) is 38.9 Å². The summed E-state index contributed by atoms with van der Waals surface area (Å²) < 4.78 is 20.3. The van der Waals surface area contributed by atoms with Crippen molar-refractivity contribution in [3.8, 4) is 5.75 Å². The smallest absolute Gasteiger partial charge is 0.261 e. The van der Waals surface area contributed by atoms with Gasteiger partial charge >= 0.3 is 0 Å². The second kappa shape index (κ2) is 12.5. The van der Waals surface area contributed by atoms with Crippen LogP contribution >= 0.6 is 22.6 Å². The molecule has 0 aliphatic rings. The highest BCUT2D eigenvalue weighted by Gasteiger charge is 2.31. The molecule has 1 atom stereocenters. The van der Waals surface area contributed by atoms with E-state index >= 15 is 0 Å². The zero-order chi connectivity index (χ0) is 24.5. The summed E-state index contributed by atoms with van der Waals surface area (Å²) in [6.07, 6.45) is 0.343. The number of nitrogens with zero attached hydrogens (tertiary/aromatic N) is 1. The summed E-state index contributed by atoms with van der Waals surface area (Å²) in [7, 11) is 0. The van der Waals surface area contributed by atoms with Crippen LogP contribution in [0.25, 0.3) is 0 Å². The van der Waals surface area contributed by atoms with E-state index in [1.807, 2.05) is 56.3 Å². The zero-order valence-electron chi connectivity index (χ0n) is 19.2. The third-order valence-corrected chi connectivity index (χ3v) is 5.86. The van der Waals surface area contributed by atoms with Gasteiger partial charge in [0.1, 0.15) is 17.6 Å². The molecule has 178 valence electrons. The van der Waals surface area contributed by atoms with Crippen LogP contribution in [-0.4, -0.2) is 35.4 Å². The highest BCUT2D eigenvalue weighted by Crippen LogP contribution is 2.17. The van der Waals surface area contributed by atoms with Crippen LogP contribution in [0.1, 0.15) is 25.0 Å². The number of carbonyl (C=O) groups excluding carboxylic acids is 2. The Morgan fingerprint density at radius 1 is 0.941 bits per heavy atom. The maximum absolute atomic E-state index is 13.5. The number of nitrogens with one attached hydrogen (secondary N) is 1. The van der Waals surface area contributed by atoms with Gasteiger partial charge in [-0.15, -0.1) is 0 Å². The van der Waals surface area contributed by atoms with Crippen LogP contribution in [0.2, 0.25) is 0 Å². The summed E-state index contributed by atoms with van der Waals surface area (Å²) in [5.41, 5.74) is 1.65. The highest BCUT2D eigenvalue weighted by atomic mass is 127. The minimum absolute atomic E-state index is 0.0865. The van der Waals surface area contributed by atoms with Crippen LogP contribution in [0.3, 0.4) is 0 Å².